The fraction of sp³-hybridized carbons (Fsp3) is 0.235. The summed E-state index contributed by atoms with van der Waals surface area (Å²) in [5.74, 6) is -1.85. The van der Waals surface area contributed by atoms with Crippen LogP contribution in [0.1, 0.15) is 11.5 Å². The Morgan fingerprint density at radius 1 is 1.14 bits per heavy atom. The van der Waals surface area contributed by atoms with Crippen molar-refractivity contribution in [1.82, 2.24) is 5.32 Å². The molecular weight excluding hydrogens is 286 g/mol. The zero-order chi connectivity index (χ0) is 15.7. The van der Waals surface area contributed by atoms with Crippen LogP contribution < -0.4 is 5.32 Å². The van der Waals surface area contributed by atoms with E-state index in [0.717, 1.165) is 11.6 Å². The molecule has 0 radical (unpaired) electrons. The molecule has 1 saturated heterocycles. The molecule has 3 rings (SSSR count). The predicted octanol–water partition coefficient (Wildman–Crippen LogP) is 2.57. The fourth-order valence-corrected chi connectivity index (χ4v) is 2.87. The van der Waals surface area contributed by atoms with Crippen molar-refractivity contribution in [3.05, 3.63) is 59.7 Å². The van der Waals surface area contributed by atoms with E-state index in [2.05, 4.69) is 11.4 Å². The van der Waals surface area contributed by atoms with E-state index in [1.165, 1.54) is 12.1 Å². The number of hydrogen-bond acceptors (Lipinski definition) is 3. The molecule has 0 bridgehead atoms. The van der Waals surface area contributed by atoms with E-state index in [-0.39, 0.29) is 30.2 Å². The molecule has 1 aliphatic rings. The van der Waals surface area contributed by atoms with Crippen LogP contribution in [0.5, 0.6) is 0 Å². The second kappa shape index (κ2) is 5.84. The lowest BCUT2D eigenvalue weighted by Gasteiger charge is -2.41. The Balaban J connectivity index is 1.90. The molecule has 1 fully saturated rings. The zero-order valence-electron chi connectivity index (χ0n) is 11.6. The highest BCUT2D eigenvalue weighted by molar-refractivity contribution is 5.64. The molecule has 0 aliphatic carbocycles. The molecule has 1 heterocycles. The summed E-state index contributed by atoms with van der Waals surface area (Å²) in [5.41, 5.74) is 1.67. The molecule has 1 aliphatic heterocycles. The van der Waals surface area contributed by atoms with Gasteiger partial charge in [0.15, 0.2) is 11.6 Å². The van der Waals surface area contributed by atoms with Crippen LogP contribution >= 0.6 is 0 Å². The maximum atomic E-state index is 13.8. The number of nitriles is 1. The van der Waals surface area contributed by atoms with E-state index in [0.29, 0.717) is 5.56 Å². The number of nitrogens with one attached hydrogen (secondary N) is 1. The van der Waals surface area contributed by atoms with Crippen molar-refractivity contribution >= 4 is 0 Å². The molecule has 2 N–H and O–H groups in total. The highest BCUT2D eigenvalue weighted by atomic mass is 19.2. The van der Waals surface area contributed by atoms with Crippen LogP contribution in [0.2, 0.25) is 0 Å². The molecule has 0 amide bonds. The Labute approximate surface area is 126 Å². The Hall–Kier alpha value is -2.29. The largest absolute Gasteiger partial charge is 0.395 e. The molecule has 2 aromatic rings. The number of rotatable bonds is 3. The summed E-state index contributed by atoms with van der Waals surface area (Å²) in [7, 11) is 0. The first-order chi connectivity index (χ1) is 10.7. The molecule has 2 aromatic carbocycles. The van der Waals surface area contributed by atoms with Gasteiger partial charge < -0.3 is 5.11 Å². The summed E-state index contributed by atoms with van der Waals surface area (Å²) >= 11 is 0. The molecule has 22 heavy (non-hydrogen) atoms. The van der Waals surface area contributed by atoms with Gasteiger partial charge in [-0.15, -0.1) is 0 Å². The summed E-state index contributed by atoms with van der Waals surface area (Å²) in [6, 6.07) is 12.7. The van der Waals surface area contributed by atoms with Crippen molar-refractivity contribution in [1.29, 1.82) is 5.26 Å². The molecule has 3 nitrogen and oxygen atoms in total. The highest BCUT2D eigenvalue weighted by Gasteiger charge is 2.41. The highest BCUT2D eigenvalue weighted by Crippen LogP contribution is 2.33. The molecule has 0 spiro atoms. The zero-order valence-corrected chi connectivity index (χ0v) is 11.6. The molecule has 0 unspecified atom stereocenters. The SMILES string of the molecule is N#C[C@@H]1N[C@@H](CO)[C@H]1c1ccc(-c2cccc(F)c2F)cc1. The Kier molecular flexibility index (Phi) is 3.88. The van der Waals surface area contributed by atoms with Crippen LogP contribution in [-0.4, -0.2) is 23.8 Å². The average Bonchev–Trinajstić information content (AvgIpc) is 2.51. The first kappa shape index (κ1) is 14.6. The van der Waals surface area contributed by atoms with Crippen LogP contribution in [0, 0.1) is 23.0 Å². The molecular formula is C17H14F2N2O. The number of aliphatic hydroxyl groups excluding tert-OH is 1. The van der Waals surface area contributed by atoms with Gasteiger partial charge in [0.2, 0.25) is 0 Å². The fourth-order valence-electron chi connectivity index (χ4n) is 2.87. The Bertz CT molecular complexity index is 724. The summed E-state index contributed by atoms with van der Waals surface area (Å²) < 4.78 is 27.1. The number of nitrogens with zero attached hydrogens (tertiary/aromatic N) is 1. The van der Waals surface area contributed by atoms with Crippen LogP contribution in [0.3, 0.4) is 0 Å². The van der Waals surface area contributed by atoms with Gasteiger partial charge in [-0.05, 0) is 17.2 Å². The van der Waals surface area contributed by atoms with Crippen molar-refractivity contribution in [3.63, 3.8) is 0 Å². The Morgan fingerprint density at radius 3 is 2.50 bits per heavy atom. The number of benzene rings is 2. The van der Waals surface area contributed by atoms with Crippen LogP contribution in [-0.2, 0) is 0 Å². The quantitative estimate of drug-likeness (QED) is 0.916. The predicted molar refractivity (Wildman–Crippen MR) is 77.9 cm³/mol. The third-order valence-corrected chi connectivity index (χ3v) is 4.08. The van der Waals surface area contributed by atoms with E-state index in [4.69, 9.17) is 5.26 Å². The minimum absolute atomic E-state index is 0.0525. The van der Waals surface area contributed by atoms with Crippen LogP contribution in [0.4, 0.5) is 8.78 Å². The van der Waals surface area contributed by atoms with E-state index < -0.39 is 11.6 Å². The first-order valence-corrected chi connectivity index (χ1v) is 6.96. The lowest BCUT2D eigenvalue weighted by Crippen LogP contribution is -2.60. The second-order valence-corrected chi connectivity index (χ2v) is 5.31. The summed E-state index contributed by atoms with van der Waals surface area (Å²) in [4.78, 5) is 0. The molecule has 112 valence electrons. The van der Waals surface area contributed by atoms with E-state index in [9.17, 15) is 13.9 Å². The third kappa shape index (κ3) is 2.37. The van der Waals surface area contributed by atoms with Gasteiger partial charge in [0.05, 0.1) is 12.7 Å². The normalized spacial score (nSPS) is 23.6. The number of halogens is 2. The van der Waals surface area contributed by atoms with Crippen LogP contribution in [0.25, 0.3) is 11.1 Å². The van der Waals surface area contributed by atoms with Crippen molar-refractivity contribution < 1.29 is 13.9 Å². The number of hydrogen-bond donors (Lipinski definition) is 2. The molecule has 0 saturated carbocycles. The van der Waals surface area contributed by atoms with Gasteiger partial charge in [-0.1, -0.05) is 36.4 Å². The molecule has 5 heteroatoms. The van der Waals surface area contributed by atoms with Crippen molar-refractivity contribution in [2.45, 2.75) is 18.0 Å². The molecule has 0 aromatic heterocycles. The van der Waals surface area contributed by atoms with Gasteiger partial charge >= 0.3 is 0 Å². The smallest absolute Gasteiger partial charge is 0.166 e. The van der Waals surface area contributed by atoms with Gasteiger partial charge in [-0.3, -0.25) is 5.32 Å². The molecule has 3 atom stereocenters. The van der Waals surface area contributed by atoms with E-state index >= 15 is 0 Å². The summed E-state index contributed by atoms with van der Waals surface area (Å²) in [6.45, 7) is -0.0525. The lowest BCUT2D eigenvalue weighted by atomic mass is 9.78. The van der Waals surface area contributed by atoms with Gasteiger partial charge in [-0.2, -0.15) is 5.26 Å². The van der Waals surface area contributed by atoms with Gasteiger partial charge in [-0.25, -0.2) is 8.78 Å². The van der Waals surface area contributed by atoms with Crippen LogP contribution in [0.15, 0.2) is 42.5 Å². The first-order valence-electron chi connectivity index (χ1n) is 6.96. The lowest BCUT2D eigenvalue weighted by molar-refractivity contribution is 0.151. The summed E-state index contributed by atoms with van der Waals surface area (Å²) in [5, 5.41) is 21.3. The van der Waals surface area contributed by atoms with Crippen molar-refractivity contribution in [2.75, 3.05) is 6.61 Å². The minimum atomic E-state index is -0.880. The van der Waals surface area contributed by atoms with Crippen molar-refractivity contribution in [3.8, 4) is 17.2 Å². The average molecular weight is 300 g/mol. The monoisotopic (exact) mass is 300 g/mol. The van der Waals surface area contributed by atoms with E-state index in [1.807, 2.05) is 0 Å². The van der Waals surface area contributed by atoms with Gasteiger partial charge in [0.1, 0.15) is 6.04 Å². The van der Waals surface area contributed by atoms with Gasteiger partial charge in [0.25, 0.3) is 0 Å². The topological polar surface area (TPSA) is 56.0 Å². The Morgan fingerprint density at radius 2 is 1.86 bits per heavy atom. The standard InChI is InChI=1S/C17H14F2N2O/c18-13-3-1-2-12(17(13)19)10-4-6-11(7-5-10)16-14(8-20)21-15(16)9-22/h1-7,14-16,21-22H,9H2/t14-,15-,16-/m0/s1. The van der Waals surface area contributed by atoms with Crippen molar-refractivity contribution in [2.24, 2.45) is 0 Å². The third-order valence-electron chi connectivity index (χ3n) is 4.08. The minimum Gasteiger partial charge on any atom is -0.395 e. The van der Waals surface area contributed by atoms with E-state index in [1.54, 1.807) is 24.3 Å². The number of aliphatic hydroxyl groups is 1. The second-order valence-electron chi connectivity index (χ2n) is 5.31. The maximum absolute atomic E-state index is 13.8. The van der Waals surface area contributed by atoms with Gasteiger partial charge in [0, 0.05) is 17.5 Å². The maximum Gasteiger partial charge on any atom is 0.166 e. The summed E-state index contributed by atoms with van der Waals surface area (Å²) in [6.07, 6.45) is 0.